The zero-order valence-corrected chi connectivity index (χ0v) is 13.1. The van der Waals surface area contributed by atoms with Gasteiger partial charge in [0.1, 0.15) is 0 Å². The van der Waals surface area contributed by atoms with Gasteiger partial charge in [-0.25, -0.2) is 4.39 Å². The maximum atomic E-state index is 13.6. The summed E-state index contributed by atoms with van der Waals surface area (Å²) in [4.78, 5) is 13.1. The Morgan fingerprint density at radius 3 is 2.58 bits per heavy atom. The molecule has 1 fully saturated rings. The number of aldehydes is 1. The molecule has 1 saturated heterocycles. The molecule has 0 saturated carbocycles. The van der Waals surface area contributed by atoms with Crippen LogP contribution in [-0.2, 0) is 4.74 Å². The number of aromatic hydroxyl groups is 1. The van der Waals surface area contributed by atoms with Gasteiger partial charge in [-0.1, -0.05) is 24.3 Å². The van der Waals surface area contributed by atoms with Gasteiger partial charge in [-0.15, -0.1) is 0 Å². The monoisotopic (exact) mass is 327 g/mol. The molecule has 0 atom stereocenters. The molecule has 1 heterocycles. The van der Waals surface area contributed by atoms with Crippen LogP contribution in [0.2, 0.25) is 0 Å². The van der Waals surface area contributed by atoms with Crippen LogP contribution < -0.4 is 4.90 Å². The standard InChI is InChI=1S/C19H18FNO3/c20-18-12-15(10-16(13-22)19(18)23)5-4-14-2-1-3-17(11-14)21-6-8-24-9-7-21/h1-5,10-13,23H,6-9H2/b5-4+. The molecule has 1 N–H and O–H groups in total. The zero-order valence-electron chi connectivity index (χ0n) is 13.1. The largest absolute Gasteiger partial charge is 0.504 e. The molecule has 0 bridgehead atoms. The van der Waals surface area contributed by atoms with E-state index in [4.69, 9.17) is 4.74 Å². The lowest BCUT2D eigenvalue weighted by Crippen LogP contribution is -2.36. The van der Waals surface area contributed by atoms with Crippen LogP contribution in [0.3, 0.4) is 0 Å². The number of rotatable bonds is 4. The van der Waals surface area contributed by atoms with E-state index >= 15 is 0 Å². The molecule has 0 unspecified atom stereocenters. The van der Waals surface area contributed by atoms with Gasteiger partial charge in [-0.05, 0) is 35.4 Å². The Labute approximate surface area is 139 Å². The van der Waals surface area contributed by atoms with Crippen LogP contribution >= 0.6 is 0 Å². The summed E-state index contributed by atoms with van der Waals surface area (Å²) >= 11 is 0. The first-order chi connectivity index (χ1) is 11.7. The predicted octanol–water partition coefficient (Wildman–Crippen LogP) is 3.35. The van der Waals surface area contributed by atoms with Crippen molar-refractivity contribution < 1.29 is 19.0 Å². The second kappa shape index (κ2) is 7.27. The first-order valence-corrected chi connectivity index (χ1v) is 7.76. The maximum Gasteiger partial charge on any atom is 0.166 e. The van der Waals surface area contributed by atoms with Gasteiger partial charge in [0.25, 0.3) is 0 Å². The van der Waals surface area contributed by atoms with E-state index in [1.165, 1.54) is 12.1 Å². The van der Waals surface area contributed by atoms with Gasteiger partial charge in [-0.2, -0.15) is 0 Å². The zero-order chi connectivity index (χ0) is 16.9. The second-order valence-electron chi connectivity index (χ2n) is 5.59. The Morgan fingerprint density at radius 2 is 1.83 bits per heavy atom. The van der Waals surface area contributed by atoms with Gasteiger partial charge in [0, 0.05) is 18.8 Å². The molecule has 4 nitrogen and oxygen atoms in total. The van der Waals surface area contributed by atoms with Crippen molar-refractivity contribution in [3.63, 3.8) is 0 Å². The SMILES string of the molecule is O=Cc1cc(/C=C/c2cccc(N3CCOCC3)c2)cc(F)c1O. The number of benzene rings is 2. The predicted molar refractivity (Wildman–Crippen MR) is 91.9 cm³/mol. The average Bonchev–Trinajstić information content (AvgIpc) is 2.63. The highest BCUT2D eigenvalue weighted by Crippen LogP contribution is 2.23. The molecule has 0 aliphatic carbocycles. The van der Waals surface area contributed by atoms with E-state index in [2.05, 4.69) is 11.0 Å². The molecule has 1 aliphatic heterocycles. The number of morpholine rings is 1. The van der Waals surface area contributed by atoms with Crippen molar-refractivity contribution in [1.82, 2.24) is 0 Å². The first-order valence-electron chi connectivity index (χ1n) is 7.76. The number of hydrogen-bond donors (Lipinski definition) is 1. The Hall–Kier alpha value is -2.66. The van der Waals surface area contributed by atoms with E-state index in [1.54, 1.807) is 6.08 Å². The Morgan fingerprint density at radius 1 is 1.08 bits per heavy atom. The third-order valence-electron chi connectivity index (χ3n) is 3.96. The quantitative estimate of drug-likeness (QED) is 0.691. The van der Waals surface area contributed by atoms with E-state index in [0.717, 1.165) is 37.6 Å². The fourth-order valence-electron chi connectivity index (χ4n) is 2.67. The first kappa shape index (κ1) is 16.2. The summed E-state index contributed by atoms with van der Waals surface area (Å²) in [6.07, 6.45) is 4.01. The molecule has 124 valence electrons. The normalized spacial score (nSPS) is 15.0. The van der Waals surface area contributed by atoms with Crippen LogP contribution in [0.4, 0.5) is 10.1 Å². The molecule has 1 aliphatic rings. The van der Waals surface area contributed by atoms with E-state index in [1.807, 2.05) is 24.3 Å². The highest BCUT2D eigenvalue weighted by Gasteiger charge is 2.11. The topological polar surface area (TPSA) is 49.8 Å². The maximum absolute atomic E-state index is 13.6. The number of anilines is 1. The van der Waals surface area contributed by atoms with E-state index in [-0.39, 0.29) is 5.56 Å². The van der Waals surface area contributed by atoms with Gasteiger partial charge in [-0.3, -0.25) is 4.79 Å². The van der Waals surface area contributed by atoms with Gasteiger partial charge < -0.3 is 14.7 Å². The fraction of sp³-hybridized carbons (Fsp3) is 0.211. The molecule has 0 aromatic heterocycles. The van der Waals surface area contributed by atoms with Crippen LogP contribution in [0.5, 0.6) is 5.75 Å². The molecule has 0 spiro atoms. The van der Waals surface area contributed by atoms with Crippen LogP contribution in [-0.4, -0.2) is 37.7 Å². The van der Waals surface area contributed by atoms with Crippen LogP contribution in [0.15, 0.2) is 36.4 Å². The Kier molecular flexibility index (Phi) is 4.91. The molecule has 2 aromatic rings. The number of phenolic OH excluding ortho intramolecular Hbond substituents is 1. The number of carbonyl (C=O) groups is 1. The minimum atomic E-state index is -0.804. The highest BCUT2D eigenvalue weighted by atomic mass is 19.1. The highest BCUT2D eigenvalue weighted by molar-refractivity contribution is 5.82. The van der Waals surface area contributed by atoms with Crippen LogP contribution in [0, 0.1) is 5.82 Å². The summed E-state index contributed by atoms with van der Waals surface area (Å²) in [5.74, 6) is -1.42. The smallest absolute Gasteiger partial charge is 0.166 e. The lowest BCUT2D eigenvalue weighted by atomic mass is 10.1. The van der Waals surface area contributed by atoms with Crippen molar-refractivity contribution in [1.29, 1.82) is 0 Å². The van der Waals surface area contributed by atoms with Gasteiger partial charge in [0.2, 0.25) is 0 Å². The molecule has 5 heteroatoms. The molecular weight excluding hydrogens is 309 g/mol. The summed E-state index contributed by atoms with van der Waals surface area (Å²) < 4.78 is 19.0. The number of hydrogen-bond acceptors (Lipinski definition) is 4. The number of phenols is 1. The third kappa shape index (κ3) is 3.63. The van der Waals surface area contributed by atoms with Crippen molar-refractivity contribution in [2.24, 2.45) is 0 Å². The lowest BCUT2D eigenvalue weighted by molar-refractivity contribution is 0.112. The fourth-order valence-corrected chi connectivity index (χ4v) is 2.67. The van der Waals surface area contributed by atoms with E-state index < -0.39 is 11.6 Å². The molecule has 0 radical (unpaired) electrons. The number of carbonyl (C=O) groups excluding carboxylic acids is 1. The van der Waals surface area contributed by atoms with Gasteiger partial charge >= 0.3 is 0 Å². The summed E-state index contributed by atoms with van der Waals surface area (Å²) in [6, 6.07) is 10.7. The Bertz CT molecular complexity index is 767. The van der Waals surface area contributed by atoms with Gasteiger partial charge in [0.15, 0.2) is 17.9 Å². The summed E-state index contributed by atoms with van der Waals surface area (Å²) in [6.45, 7) is 3.17. The van der Waals surface area contributed by atoms with Crippen LogP contribution in [0.1, 0.15) is 21.5 Å². The summed E-state index contributed by atoms with van der Waals surface area (Å²) in [7, 11) is 0. The van der Waals surface area contributed by atoms with Crippen molar-refractivity contribution in [2.45, 2.75) is 0 Å². The number of halogens is 1. The second-order valence-corrected chi connectivity index (χ2v) is 5.59. The molecular formula is C19H18FNO3. The summed E-state index contributed by atoms with van der Waals surface area (Å²) in [5, 5.41) is 9.44. The van der Waals surface area contributed by atoms with Crippen molar-refractivity contribution >= 4 is 24.1 Å². The van der Waals surface area contributed by atoms with Gasteiger partial charge in [0.05, 0.1) is 18.8 Å². The minimum Gasteiger partial charge on any atom is -0.504 e. The van der Waals surface area contributed by atoms with E-state index in [0.29, 0.717) is 11.8 Å². The van der Waals surface area contributed by atoms with E-state index in [9.17, 15) is 14.3 Å². The van der Waals surface area contributed by atoms with Crippen molar-refractivity contribution in [3.8, 4) is 5.75 Å². The number of nitrogens with zero attached hydrogens (tertiary/aromatic N) is 1. The molecule has 24 heavy (non-hydrogen) atoms. The van der Waals surface area contributed by atoms with Crippen molar-refractivity contribution in [3.05, 3.63) is 58.9 Å². The lowest BCUT2D eigenvalue weighted by Gasteiger charge is -2.29. The number of ether oxygens (including phenoxy) is 1. The van der Waals surface area contributed by atoms with Crippen molar-refractivity contribution in [2.75, 3.05) is 31.2 Å². The molecule has 0 amide bonds. The Balaban J connectivity index is 1.82. The minimum absolute atomic E-state index is 0.0586. The average molecular weight is 327 g/mol. The molecule has 3 rings (SSSR count). The molecule has 2 aromatic carbocycles. The summed E-state index contributed by atoms with van der Waals surface area (Å²) in [5.41, 5.74) is 2.55. The third-order valence-corrected chi connectivity index (χ3v) is 3.96. The van der Waals surface area contributed by atoms with Crippen LogP contribution in [0.25, 0.3) is 12.2 Å².